The van der Waals surface area contributed by atoms with Crippen LogP contribution in [0.5, 0.6) is 0 Å². The maximum atomic E-state index is 12.1. The molecule has 0 aliphatic carbocycles. The Kier molecular flexibility index (Phi) is 5.13. The van der Waals surface area contributed by atoms with Crippen LogP contribution in [0.3, 0.4) is 0 Å². The monoisotopic (exact) mass is 370 g/mol. The van der Waals surface area contributed by atoms with E-state index in [1.165, 1.54) is 5.56 Å². The van der Waals surface area contributed by atoms with E-state index in [1.54, 1.807) is 0 Å². The third-order valence-electron chi connectivity index (χ3n) is 3.86. The molecule has 0 bridgehead atoms. The molecule has 1 heterocycles. The van der Waals surface area contributed by atoms with Crippen LogP contribution in [-0.4, -0.2) is 17.0 Å². The SMILES string of the molecule is O=C(Cn1ccc2ccc(Br)cc21)NCCCc1ccccc1. The van der Waals surface area contributed by atoms with E-state index in [4.69, 9.17) is 0 Å². The van der Waals surface area contributed by atoms with Crippen molar-refractivity contribution in [3.63, 3.8) is 0 Å². The van der Waals surface area contributed by atoms with Crippen molar-refractivity contribution in [1.82, 2.24) is 9.88 Å². The molecule has 118 valence electrons. The molecular weight excluding hydrogens is 352 g/mol. The van der Waals surface area contributed by atoms with Crippen LogP contribution in [0, 0.1) is 0 Å². The minimum Gasteiger partial charge on any atom is -0.355 e. The molecule has 4 heteroatoms. The molecule has 0 spiro atoms. The highest BCUT2D eigenvalue weighted by molar-refractivity contribution is 9.10. The first-order chi connectivity index (χ1) is 11.2. The van der Waals surface area contributed by atoms with Gasteiger partial charge in [-0.25, -0.2) is 0 Å². The highest BCUT2D eigenvalue weighted by Gasteiger charge is 2.06. The van der Waals surface area contributed by atoms with E-state index in [1.807, 2.05) is 53.2 Å². The third-order valence-corrected chi connectivity index (χ3v) is 4.35. The molecule has 0 unspecified atom stereocenters. The smallest absolute Gasteiger partial charge is 0.239 e. The van der Waals surface area contributed by atoms with Crippen LogP contribution >= 0.6 is 15.9 Å². The van der Waals surface area contributed by atoms with Crippen LogP contribution in [0.25, 0.3) is 10.9 Å². The molecule has 3 aromatic rings. The summed E-state index contributed by atoms with van der Waals surface area (Å²) in [6.07, 6.45) is 3.90. The van der Waals surface area contributed by atoms with Crippen LogP contribution in [0.2, 0.25) is 0 Å². The molecule has 1 amide bonds. The second-order valence-corrected chi connectivity index (χ2v) is 6.50. The maximum absolute atomic E-state index is 12.1. The lowest BCUT2D eigenvalue weighted by Crippen LogP contribution is -2.28. The number of benzene rings is 2. The number of amides is 1. The van der Waals surface area contributed by atoms with Crippen LogP contribution in [0.15, 0.2) is 65.3 Å². The number of nitrogens with zero attached hydrogens (tertiary/aromatic N) is 1. The molecule has 3 nitrogen and oxygen atoms in total. The fourth-order valence-electron chi connectivity index (χ4n) is 2.67. The van der Waals surface area contributed by atoms with Gasteiger partial charge in [0.2, 0.25) is 5.91 Å². The zero-order valence-electron chi connectivity index (χ0n) is 12.8. The number of aryl methyl sites for hydroxylation is 1. The molecule has 0 saturated heterocycles. The van der Waals surface area contributed by atoms with Gasteiger partial charge in [-0.15, -0.1) is 0 Å². The summed E-state index contributed by atoms with van der Waals surface area (Å²) in [6, 6.07) is 18.5. The Hall–Kier alpha value is -2.07. The molecule has 0 saturated carbocycles. The van der Waals surface area contributed by atoms with E-state index in [0.717, 1.165) is 28.2 Å². The Bertz CT molecular complexity index is 795. The summed E-state index contributed by atoms with van der Waals surface area (Å²) < 4.78 is 3.00. The average molecular weight is 371 g/mol. The predicted molar refractivity (Wildman–Crippen MR) is 97.4 cm³/mol. The molecule has 2 aromatic carbocycles. The second kappa shape index (κ2) is 7.47. The van der Waals surface area contributed by atoms with Gasteiger partial charge in [-0.05, 0) is 42.0 Å². The lowest BCUT2D eigenvalue weighted by atomic mass is 10.1. The average Bonchev–Trinajstić information content (AvgIpc) is 2.95. The first-order valence-electron chi connectivity index (χ1n) is 7.77. The normalized spacial score (nSPS) is 10.8. The quantitative estimate of drug-likeness (QED) is 0.649. The van der Waals surface area contributed by atoms with Crippen molar-refractivity contribution >= 4 is 32.7 Å². The Morgan fingerprint density at radius 3 is 2.74 bits per heavy atom. The summed E-state index contributed by atoms with van der Waals surface area (Å²) in [5.41, 5.74) is 2.38. The molecule has 23 heavy (non-hydrogen) atoms. The molecule has 3 rings (SSSR count). The van der Waals surface area contributed by atoms with E-state index in [2.05, 4.69) is 33.4 Å². The highest BCUT2D eigenvalue weighted by atomic mass is 79.9. The fraction of sp³-hybridized carbons (Fsp3) is 0.211. The first kappa shape index (κ1) is 15.8. The summed E-state index contributed by atoms with van der Waals surface area (Å²) >= 11 is 3.48. The van der Waals surface area contributed by atoms with Crippen LogP contribution in [0.1, 0.15) is 12.0 Å². The molecule has 1 aromatic heterocycles. The zero-order valence-corrected chi connectivity index (χ0v) is 14.4. The number of halogens is 1. The van der Waals surface area contributed by atoms with E-state index in [0.29, 0.717) is 13.1 Å². The third kappa shape index (κ3) is 4.23. The Labute approximate surface area is 144 Å². The van der Waals surface area contributed by atoms with Gasteiger partial charge in [0.1, 0.15) is 6.54 Å². The van der Waals surface area contributed by atoms with Crippen molar-refractivity contribution in [2.24, 2.45) is 0 Å². The number of fused-ring (bicyclic) bond motifs is 1. The fourth-order valence-corrected chi connectivity index (χ4v) is 3.02. The van der Waals surface area contributed by atoms with Crippen LogP contribution < -0.4 is 5.32 Å². The Balaban J connectivity index is 1.50. The zero-order chi connectivity index (χ0) is 16.1. The van der Waals surface area contributed by atoms with Crippen molar-refractivity contribution in [1.29, 1.82) is 0 Å². The van der Waals surface area contributed by atoms with Gasteiger partial charge < -0.3 is 9.88 Å². The summed E-state index contributed by atoms with van der Waals surface area (Å²) in [5.74, 6) is 0.0514. The van der Waals surface area contributed by atoms with Gasteiger partial charge in [0, 0.05) is 22.7 Å². The molecule has 0 aliphatic rings. The summed E-state index contributed by atoms with van der Waals surface area (Å²) in [4.78, 5) is 12.1. The van der Waals surface area contributed by atoms with Crippen molar-refractivity contribution in [3.05, 3.63) is 70.8 Å². The van der Waals surface area contributed by atoms with Gasteiger partial charge in [0.15, 0.2) is 0 Å². The number of carbonyl (C=O) groups is 1. The van der Waals surface area contributed by atoms with Gasteiger partial charge in [-0.3, -0.25) is 4.79 Å². The van der Waals surface area contributed by atoms with Crippen molar-refractivity contribution in [2.45, 2.75) is 19.4 Å². The lowest BCUT2D eigenvalue weighted by Gasteiger charge is -2.08. The Morgan fingerprint density at radius 2 is 1.91 bits per heavy atom. The molecule has 0 fully saturated rings. The number of aromatic nitrogens is 1. The number of hydrogen-bond acceptors (Lipinski definition) is 1. The van der Waals surface area contributed by atoms with Gasteiger partial charge in [-0.1, -0.05) is 52.3 Å². The van der Waals surface area contributed by atoms with E-state index >= 15 is 0 Å². The van der Waals surface area contributed by atoms with Gasteiger partial charge in [-0.2, -0.15) is 0 Å². The molecule has 0 atom stereocenters. The summed E-state index contributed by atoms with van der Waals surface area (Å²) in [6.45, 7) is 1.06. The maximum Gasteiger partial charge on any atom is 0.239 e. The predicted octanol–water partition coefficient (Wildman–Crippen LogP) is 4.15. The van der Waals surface area contributed by atoms with Gasteiger partial charge >= 0.3 is 0 Å². The summed E-state index contributed by atoms with van der Waals surface area (Å²) in [5, 5.41) is 4.14. The van der Waals surface area contributed by atoms with Crippen molar-refractivity contribution < 1.29 is 4.79 Å². The first-order valence-corrected chi connectivity index (χ1v) is 8.57. The number of nitrogens with one attached hydrogen (secondary N) is 1. The van der Waals surface area contributed by atoms with Crippen LogP contribution in [0.4, 0.5) is 0 Å². The minimum atomic E-state index is 0.0514. The summed E-state index contributed by atoms with van der Waals surface area (Å²) in [7, 11) is 0. The number of carbonyl (C=O) groups excluding carboxylic acids is 1. The molecule has 1 N–H and O–H groups in total. The van der Waals surface area contributed by atoms with E-state index < -0.39 is 0 Å². The largest absolute Gasteiger partial charge is 0.355 e. The van der Waals surface area contributed by atoms with Gasteiger partial charge in [0.25, 0.3) is 0 Å². The Morgan fingerprint density at radius 1 is 1.09 bits per heavy atom. The molecule has 0 aliphatic heterocycles. The second-order valence-electron chi connectivity index (χ2n) is 5.59. The molecular formula is C19H19BrN2O. The minimum absolute atomic E-state index is 0.0514. The van der Waals surface area contributed by atoms with Gasteiger partial charge in [0.05, 0.1) is 0 Å². The number of hydrogen-bond donors (Lipinski definition) is 1. The van der Waals surface area contributed by atoms with Crippen molar-refractivity contribution in [3.8, 4) is 0 Å². The van der Waals surface area contributed by atoms with Crippen molar-refractivity contribution in [2.75, 3.05) is 6.54 Å². The number of rotatable bonds is 6. The van der Waals surface area contributed by atoms with E-state index in [9.17, 15) is 4.79 Å². The van der Waals surface area contributed by atoms with Crippen LogP contribution in [-0.2, 0) is 17.8 Å². The molecule has 0 radical (unpaired) electrons. The van der Waals surface area contributed by atoms with E-state index in [-0.39, 0.29) is 5.91 Å². The highest BCUT2D eigenvalue weighted by Crippen LogP contribution is 2.20. The standard InChI is InChI=1S/C19H19BrN2O/c20-17-9-8-16-10-12-22(18(16)13-17)14-19(23)21-11-4-7-15-5-2-1-3-6-15/h1-3,5-6,8-10,12-13H,4,7,11,14H2,(H,21,23). The lowest BCUT2D eigenvalue weighted by molar-refractivity contribution is -0.121. The topological polar surface area (TPSA) is 34.0 Å².